The van der Waals surface area contributed by atoms with Gasteiger partial charge < -0.3 is 9.30 Å². The van der Waals surface area contributed by atoms with E-state index in [4.69, 9.17) is 4.74 Å². The number of aryl methyl sites for hydroxylation is 2. The molecule has 0 unspecified atom stereocenters. The Labute approximate surface area is 110 Å². The first-order chi connectivity index (χ1) is 8.16. The molecule has 0 fully saturated rings. The molecular weight excluding hydrogens is 280 g/mol. The molecule has 0 N–H and O–H groups in total. The predicted octanol–water partition coefficient (Wildman–Crippen LogP) is 3.34. The van der Waals surface area contributed by atoms with Crippen molar-refractivity contribution in [3.05, 3.63) is 46.5 Å². The smallest absolute Gasteiger partial charge is 0.133 e. The van der Waals surface area contributed by atoms with Gasteiger partial charge in [-0.2, -0.15) is 0 Å². The fourth-order valence-electron chi connectivity index (χ4n) is 1.62. The van der Waals surface area contributed by atoms with Gasteiger partial charge in [-0.3, -0.25) is 0 Å². The molecule has 3 nitrogen and oxygen atoms in total. The van der Waals surface area contributed by atoms with E-state index < -0.39 is 0 Å². The Bertz CT molecular complexity index is 508. The lowest BCUT2D eigenvalue weighted by Crippen LogP contribution is -2.09. The van der Waals surface area contributed by atoms with Crippen LogP contribution in [0.2, 0.25) is 0 Å². The second-order valence-electron chi connectivity index (χ2n) is 3.95. The van der Waals surface area contributed by atoms with Gasteiger partial charge in [0.25, 0.3) is 0 Å². The van der Waals surface area contributed by atoms with Crippen molar-refractivity contribution in [1.29, 1.82) is 0 Å². The lowest BCUT2D eigenvalue weighted by Gasteiger charge is -2.10. The van der Waals surface area contributed by atoms with Gasteiger partial charge >= 0.3 is 0 Å². The number of hydrogen-bond donors (Lipinski definition) is 0. The van der Waals surface area contributed by atoms with E-state index in [-0.39, 0.29) is 0 Å². The van der Waals surface area contributed by atoms with E-state index in [1.54, 1.807) is 6.20 Å². The molecular formula is C13H15BrN2O. The van der Waals surface area contributed by atoms with Crippen LogP contribution in [0.3, 0.4) is 0 Å². The molecule has 0 spiro atoms. The molecule has 0 radical (unpaired) electrons. The maximum absolute atomic E-state index is 5.72. The molecule has 17 heavy (non-hydrogen) atoms. The average Bonchev–Trinajstić information content (AvgIpc) is 2.68. The van der Waals surface area contributed by atoms with Crippen LogP contribution in [0.4, 0.5) is 0 Å². The Morgan fingerprint density at radius 3 is 2.82 bits per heavy atom. The summed E-state index contributed by atoms with van der Waals surface area (Å²) in [5, 5.41) is 0. The second kappa shape index (κ2) is 5.36. The highest BCUT2D eigenvalue weighted by molar-refractivity contribution is 9.10. The number of halogens is 1. The van der Waals surface area contributed by atoms with E-state index in [2.05, 4.69) is 38.5 Å². The lowest BCUT2D eigenvalue weighted by atomic mass is 10.2. The van der Waals surface area contributed by atoms with Crippen molar-refractivity contribution < 1.29 is 4.74 Å². The van der Waals surface area contributed by atoms with E-state index in [0.717, 1.165) is 22.6 Å². The van der Waals surface area contributed by atoms with Gasteiger partial charge in [-0.25, -0.2) is 4.98 Å². The molecule has 0 aliphatic carbocycles. The number of rotatable bonds is 4. The molecule has 0 atom stereocenters. The Morgan fingerprint density at radius 1 is 1.35 bits per heavy atom. The highest BCUT2D eigenvalue weighted by Crippen LogP contribution is 2.25. The molecule has 0 amide bonds. The van der Waals surface area contributed by atoms with Gasteiger partial charge in [-0.05, 0) is 47.5 Å². The van der Waals surface area contributed by atoms with Crippen LogP contribution in [0.1, 0.15) is 11.4 Å². The van der Waals surface area contributed by atoms with Crippen LogP contribution in [-0.2, 0) is 6.54 Å². The van der Waals surface area contributed by atoms with E-state index in [0.29, 0.717) is 6.61 Å². The van der Waals surface area contributed by atoms with Crippen molar-refractivity contribution in [2.45, 2.75) is 20.4 Å². The summed E-state index contributed by atoms with van der Waals surface area (Å²) in [6.45, 7) is 5.50. The lowest BCUT2D eigenvalue weighted by molar-refractivity contribution is 0.295. The number of aromatic nitrogens is 2. The van der Waals surface area contributed by atoms with Crippen molar-refractivity contribution >= 4 is 15.9 Å². The topological polar surface area (TPSA) is 27.1 Å². The summed E-state index contributed by atoms with van der Waals surface area (Å²) in [6.07, 6.45) is 3.76. The highest BCUT2D eigenvalue weighted by atomic mass is 79.9. The normalized spacial score (nSPS) is 10.5. The first-order valence-corrected chi connectivity index (χ1v) is 6.33. The quantitative estimate of drug-likeness (QED) is 0.865. The van der Waals surface area contributed by atoms with E-state index in [1.807, 2.05) is 25.3 Å². The molecule has 90 valence electrons. The fraction of sp³-hybridized carbons (Fsp3) is 0.308. The van der Waals surface area contributed by atoms with E-state index in [1.165, 1.54) is 5.56 Å². The van der Waals surface area contributed by atoms with Gasteiger partial charge in [0.1, 0.15) is 18.2 Å². The minimum absolute atomic E-state index is 0.638. The number of benzene rings is 1. The first-order valence-electron chi connectivity index (χ1n) is 5.53. The predicted molar refractivity (Wildman–Crippen MR) is 71.3 cm³/mol. The molecule has 0 saturated heterocycles. The Hall–Kier alpha value is -1.29. The molecule has 0 aliphatic rings. The molecule has 1 aromatic carbocycles. The monoisotopic (exact) mass is 294 g/mol. The molecule has 0 bridgehead atoms. The summed E-state index contributed by atoms with van der Waals surface area (Å²) >= 11 is 3.50. The number of nitrogens with zero attached hydrogens (tertiary/aromatic N) is 2. The Balaban J connectivity index is 1.92. The number of hydrogen-bond acceptors (Lipinski definition) is 2. The third-order valence-corrected chi connectivity index (χ3v) is 3.22. The van der Waals surface area contributed by atoms with Gasteiger partial charge in [0, 0.05) is 12.4 Å². The molecule has 1 aromatic heterocycles. The zero-order valence-electron chi connectivity index (χ0n) is 9.98. The zero-order chi connectivity index (χ0) is 12.3. The van der Waals surface area contributed by atoms with Gasteiger partial charge in [0.2, 0.25) is 0 Å². The van der Waals surface area contributed by atoms with Crippen LogP contribution in [0.25, 0.3) is 0 Å². The van der Waals surface area contributed by atoms with Crippen LogP contribution in [0.5, 0.6) is 5.75 Å². The van der Waals surface area contributed by atoms with Crippen molar-refractivity contribution in [2.24, 2.45) is 0 Å². The summed E-state index contributed by atoms with van der Waals surface area (Å²) < 4.78 is 8.80. The number of ether oxygens (including phenoxy) is 1. The maximum Gasteiger partial charge on any atom is 0.133 e. The van der Waals surface area contributed by atoms with Crippen LogP contribution >= 0.6 is 15.9 Å². The summed E-state index contributed by atoms with van der Waals surface area (Å²) in [4.78, 5) is 4.17. The first kappa shape index (κ1) is 12.2. The third-order valence-electron chi connectivity index (χ3n) is 2.60. The van der Waals surface area contributed by atoms with Gasteiger partial charge in [0.15, 0.2) is 0 Å². The molecule has 1 heterocycles. The minimum Gasteiger partial charge on any atom is -0.491 e. The van der Waals surface area contributed by atoms with Crippen LogP contribution in [0, 0.1) is 13.8 Å². The molecule has 4 heteroatoms. The van der Waals surface area contributed by atoms with Crippen molar-refractivity contribution in [3.8, 4) is 5.75 Å². The Morgan fingerprint density at radius 2 is 2.18 bits per heavy atom. The third kappa shape index (κ3) is 3.09. The van der Waals surface area contributed by atoms with Crippen LogP contribution < -0.4 is 4.74 Å². The maximum atomic E-state index is 5.72. The highest BCUT2D eigenvalue weighted by Gasteiger charge is 2.01. The van der Waals surface area contributed by atoms with Crippen LogP contribution in [-0.4, -0.2) is 16.2 Å². The van der Waals surface area contributed by atoms with Crippen molar-refractivity contribution in [3.63, 3.8) is 0 Å². The SMILES string of the molecule is Cc1ccc(OCCn2ccnc2C)c(Br)c1. The van der Waals surface area contributed by atoms with Crippen LogP contribution in [0.15, 0.2) is 35.1 Å². The minimum atomic E-state index is 0.638. The molecule has 2 aromatic rings. The van der Waals surface area contributed by atoms with Crippen molar-refractivity contribution in [2.75, 3.05) is 6.61 Å². The van der Waals surface area contributed by atoms with E-state index >= 15 is 0 Å². The average molecular weight is 295 g/mol. The van der Waals surface area contributed by atoms with Crippen molar-refractivity contribution in [1.82, 2.24) is 9.55 Å². The second-order valence-corrected chi connectivity index (χ2v) is 4.80. The molecule has 2 rings (SSSR count). The molecule has 0 saturated carbocycles. The zero-order valence-corrected chi connectivity index (χ0v) is 11.6. The summed E-state index contributed by atoms with van der Waals surface area (Å²) in [5.74, 6) is 1.89. The van der Waals surface area contributed by atoms with E-state index in [9.17, 15) is 0 Å². The molecule has 0 aliphatic heterocycles. The van der Waals surface area contributed by atoms with Gasteiger partial charge in [0.05, 0.1) is 11.0 Å². The number of imidazole rings is 1. The largest absolute Gasteiger partial charge is 0.491 e. The summed E-state index contributed by atoms with van der Waals surface area (Å²) in [7, 11) is 0. The Kier molecular flexibility index (Phi) is 3.84. The fourth-order valence-corrected chi connectivity index (χ4v) is 2.22. The standard InChI is InChI=1S/C13H15BrN2O/c1-10-3-4-13(12(14)9-10)17-8-7-16-6-5-15-11(16)2/h3-6,9H,7-8H2,1-2H3. The van der Waals surface area contributed by atoms with Gasteiger partial charge in [-0.15, -0.1) is 0 Å². The summed E-state index contributed by atoms with van der Waals surface area (Å²) in [5.41, 5.74) is 1.22. The van der Waals surface area contributed by atoms with Gasteiger partial charge in [-0.1, -0.05) is 6.07 Å². The summed E-state index contributed by atoms with van der Waals surface area (Å²) in [6, 6.07) is 6.08.